The first-order chi connectivity index (χ1) is 9.26. The van der Waals surface area contributed by atoms with Gasteiger partial charge in [-0.1, -0.05) is 24.0 Å². The van der Waals surface area contributed by atoms with E-state index >= 15 is 0 Å². The molecule has 19 heavy (non-hydrogen) atoms. The van der Waals surface area contributed by atoms with Crippen molar-refractivity contribution in [2.45, 2.75) is 19.4 Å². The van der Waals surface area contributed by atoms with Crippen LogP contribution in [0.2, 0.25) is 0 Å². The van der Waals surface area contributed by atoms with Gasteiger partial charge in [-0.2, -0.15) is 0 Å². The van der Waals surface area contributed by atoms with Gasteiger partial charge in [0.1, 0.15) is 0 Å². The van der Waals surface area contributed by atoms with E-state index in [1.165, 1.54) is 0 Å². The molecule has 4 nitrogen and oxygen atoms in total. The molecule has 4 heteroatoms. The summed E-state index contributed by atoms with van der Waals surface area (Å²) in [5.41, 5.74) is 1.89. The number of nitrogens with one attached hydrogen (secondary N) is 1. The number of hydrogen-bond donors (Lipinski definition) is 2. The third-order valence-electron chi connectivity index (χ3n) is 2.42. The molecule has 1 rings (SSSR count). The van der Waals surface area contributed by atoms with Gasteiger partial charge in [0.25, 0.3) is 0 Å². The summed E-state index contributed by atoms with van der Waals surface area (Å²) in [5, 5.41) is 11.5. The van der Waals surface area contributed by atoms with Gasteiger partial charge in [-0.15, -0.1) is 0 Å². The predicted octanol–water partition coefficient (Wildman–Crippen LogP) is 1.07. The highest BCUT2D eigenvalue weighted by molar-refractivity contribution is 5.75. The van der Waals surface area contributed by atoms with Crippen LogP contribution >= 0.6 is 0 Å². The molecule has 0 unspecified atom stereocenters. The molecule has 0 aliphatic heterocycles. The van der Waals surface area contributed by atoms with Crippen LogP contribution in [-0.2, 0) is 16.1 Å². The first-order valence-electron chi connectivity index (χ1n) is 6.20. The van der Waals surface area contributed by atoms with Crippen molar-refractivity contribution in [1.82, 2.24) is 5.32 Å². The fourth-order valence-electron chi connectivity index (χ4n) is 1.46. The minimum atomic E-state index is -0.0291. The lowest BCUT2D eigenvalue weighted by molar-refractivity contribution is -0.122. The van der Waals surface area contributed by atoms with Crippen LogP contribution in [0.3, 0.4) is 0 Å². The largest absolute Gasteiger partial charge is 0.395 e. The predicted molar refractivity (Wildman–Crippen MR) is 73.4 cm³/mol. The minimum Gasteiger partial charge on any atom is -0.395 e. The summed E-state index contributed by atoms with van der Waals surface area (Å²) in [4.78, 5) is 11.4. The van der Waals surface area contributed by atoms with Crippen LogP contribution in [0, 0.1) is 11.8 Å². The van der Waals surface area contributed by atoms with Crippen LogP contribution in [0.1, 0.15) is 24.0 Å². The van der Waals surface area contributed by atoms with Crippen molar-refractivity contribution in [3.8, 4) is 11.8 Å². The van der Waals surface area contributed by atoms with Gasteiger partial charge in [0.05, 0.1) is 13.2 Å². The maximum Gasteiger partial charge on any atom is 0.222 e. The average molecular weight is 261 g/mol. The lowest BCUT2D eigenvalue weighted by atomic mass is 10.1. The molecule has 102 valence electrons. The third-order valence-corrected chi connectivity index (χ3v) is 2.42. The van der Waals surface area contributed by atoms with Gasteiger partial charge in [0.2, 0.25) is 5.91 Å². The lowest BCUT2D eigenvalue weighted by Gasteiger charge is -2.05. The van der Waals surface area contributed by atoms with Gasteiger partial charge in [-0.25, -0.2) is 0 Å². The summed E-state index contributed by atoms with van der Waals surface area (Å²) in [6.07, 6.45) is 0.838. The molecular formula is C15H19NO3. The summed E-state index contributed by atoms with van der Waals surface area (Å²) >= 11 is 0. The quantitative estimate of drug-likeness (QED) is 0.753. The fraction of sp³-hybridized carbons (Fsp3) is 0.400. The molecule has 0 atom stereocenters. The topological polar surface area (TPSA) is 58.6 Å². The second-order valence-electron chi connectivity index (χ2n) is 4.00. The van der Waals surface area contributed by atoms with E-state index in [-0.39, 0.29) is 12.5 Å². The molecular weight excluding hydrogens is 242 g/mol. The number of methoxy groups -OCH3 is 1. The highest BCUT2D eigenvalue weighted by atomic mass is 16.5. The Morgan fingerprint density at radius 1 is 1.47 bits per heavy atom. The molecule has 0 aliphatic rings. The molecule has 0 aromatic heterocycles. The molecule has 0 bridgehead atoms. The monoisotopic (exact) mass is 261 g/mol. The summed E-state index contributed by atoms with van der Waals surface area (Å²) < 4.78 is 4.84. The van der Waals surface area contributed by atoms with E-state index < -0.39 is 0 Å². The molecule has 1 amide bonds. The van der Waals surface area contributed by atoms with Crippen LogP contribution in [-0.4, -0.2) is 31.3 Å². The Kier molecular flexibility index (Phi) is 7.33. The lowest BCUT2D eigenvalue weighted by Crippen LogP contribution is -2.23. The molecule has 0 heterocycles. The van der Waals surface area contributed by atoms with Gasteiger partial charge in [-0.3, -0.25) is 4.79 Å². The summed E-state index contributed by atoms with van der Waals surface area (Å²) in [6, 6.07) is 7.68. The fourth-order valence-corrected chi connectivity index (χ4v) is 1.46. The van der Waals surface area contributed by atoms with E-state index in [9.17, 15) is 4.79 Å². The molecule has 1 aromatic carbocycles. The Bertz CT molecular complexity index is 460. The first-order valence-corrected chi connectivity index (χ1v) is 6.20. The molecule has 0 saturated heterocycles. The van der Waals surface area contributed by atoms with E-state index in [1.807, 2.05) is 24.3 Å². The number of hydrogen-bond acceptors (Lipinski definition) is 3. The number of ether oxygens (including phenoxy) is 1. The Morgan fingerprint density at radius 3 is 3.05 bits per heavy atom. The zero-order valence-electron chi connectivity index (χ0n) is 11.1. The molecule has 0 radical (unpaired) electrons. The number of carbonyl (C=O) groups is 1. The van der Waals surface area contributed by atoms with Crippen molar-refractivity contribution in [2.75, 3.05) is 20.3 Å². The van der Waals surface area contributed by atoms with Gasteiger partial charge in [-0.05, 0) is 17.7 Å². The number of aliphatic hydroxyl groups is 1. The zero-order valence-corrected chi connectivity index (χ0v) is 11.1. The van der Waals surface area contributed by atoms with Crippen molar-refractivity contribution in [2.24, 2.45) is 0 Å². The smallest absolute Gasteiger partial charge is 0.222 e. The molecule has 0 aliphatic carbocycles. The van der Waals surface area contributed by atoms with Gasteiger partial charge >= 0.3 is 0 Å². The van der Waals surface area contributed by atoms with E-state index in [0.717, 1.165) is 11.1 Å². The van der Waals surface area contributed by atoms with Crippen LogP contribution in [0.4, 0.5) is 0 Å². The van der Waals surface area contributed by atoms with Crippen LogP contribution in [0.15, 0.2) is 24.3 Å². The van der Waals surface area contributed by atoms with Crippen molar-refractivity contribution >= 4 is 5.91 Å². The second kappa shape index (κ2) is 9.15. The summed E-state index contributed by atoms with van der Waals surface area (Å²) in [5.74, 6) is 5.80. The van der Waals surface area contributed by atoms with E-state index in [2.05, 4.69) is 17.2 Å². The number of aliphatic hydroxyl groups excluding tert-OH is 1. The highest BCUT2D eigenvalue weighted by Crippen LogP contribution is 2.04. The van der Waals surface area contributed by atoms with Gasteiger partial charge in [0.15, 0.2) is 0 Å². The first kappa shape index (κ1) is 15.2. The van der Waals surface area contributed by atoms with E-state index in [4.69, 9.17) is 9.84 Å². The SMILES string of the molecule is COCCC(=O)NCc1cccc(C#CCCO)c1. The maximum absolute atomic E-state index is 11.4. The Labute approximate surface area is 113 Å². The second-order valence-corrected chi connectivity index (χ2v) is 4.00. The van der Waals surface area contributed by atoms with Crippen molar-refractivity contribution < 1.29 is 14.6 Å². The van der Waals surface area contributed by atoms with E-state index in [1.54, 1.807) is 7.11 Å². The van der Waals surface area contributed by atoms with Crippen LogP contribution in [0.5, 0.6) is 0 Å². The Balaban J connectivity index is 2.49. The summed E-state index contributed by atoms with van der Waals surface area (Å²) in [6.45, 7) is 0.985. The third kappa shape index (κ3) is 6.61. The molecule has 0 spiro atoms. The molecule has 0 fully saturated rings. The van der Waals surface area contributed by atoms with Crippen LogP contribution < -0.4 is 5.32 Å². The zero-order chi connectivity index (χ0) is 13.9. The van der Waals surface area contributed by atoms with Crippen molar-refractivity contribution in [1.29, 1.82) is 0 Å². The average Bonchev–Trinajstić information content (AvgIpc) is 2.44. The van der Waals surface area contributed by atoms with Gasteiger partial charge < -0.3 is 15.2 Å². The maximum atomic E-state index is 11.4. The number of benzene rings is 1. The highest BCUT2D eigenvalue weighted by Gasteiger charge is 2.00. The Hall–Kier alpha value is -1.83. The summed E-state index contributed by atoms with van der Waals surface area (Å²) in [7, 11) is 1.57. The standard InChI is InChI=1S/C15H19NO3/c1-19-10-8-15(18)16-12-14-7-4-6-13(11-14)5-2-3-9-17/h4,6-7,11,17H,3,8-10,12H2,1H3,(H,16,18). The minimum absolute atomic E-state index is 0.0291. The Morgan fingerprint density at radius 2 is 2.32 bits per heavy atom. The van der Waals surface area contributed by atoms with Crippen LogP contribution in [0.25, 0.3) is 0 Å². The van der Waals surface area contributed by atoms with Crippen molar-refractivity contribution in [3.05, 3.63) is 35.4 Å². The number of amides is 1. The number of rotatable bonds is 6. The van der Waals surface area contributed by atoms with E-state index in [0.29, 0.717) is 26.0 Å². The van der Waals surface area contributed by atoms with Crippen molar-refractivity contribution in [3.63, 3.8) is 0 Å². The molecule has 1 aromatic rings. The van der Waals surface area contributed by atoms with Gasteiger partial charge in [0, 0.05) is 32.1 Å². The molecule has 0 saturated carbocycles. The molecule has 2 N–H and O–H groups in total. The number of carbonyl (C=O) groups excluding carboxylic acids is 1. The normalized spacial score (nSPS) is 9.58.